The standard InChI is InChI=1S/C25H29N3O4/c1-3-31-19-11-9-18(10-12-19)28-23(29)21-15-22-20(13-14-32-22)27(21)16-25(28,2)24(30)26-17-7-5-4-6-8-17/h9-15,17H,3-8,16H2,1-2H3,(H,26,30)/t25-/m1/s1. The van der Waals surface area contributed by atoms with Gasteiger partial charge in [-0.1, -0.05) is 19.3 Å². The Balaban J connectivity index is 1.56. The van der Waals surface area contributed by atoms with E-state index in [9.17, 15) is 9.59 Å². The van der Waals surface area contributed by atoms with E-state index in [1.807, 2.05) is 48.7 Å². The molecule has 0 radical (unpaired) electrons. The maximum atomic E-state index is 13.8. The first-order valence-electron chi connectivity index (χ1n) is 11.5. The SMILES string of the molecule is CCOc1ccc(N2C(=O)c3cc4occc4n3C[C@]2(C)C(=O)NC2CCCCC2)cc1. The Morgan fingerprint density at radius 2 is 1.94 bits per heavy atom. The zero-order valence-corrected chi connectivity index (χ0v) is 18.6. The number of nitrogens with zero attached hydrogens (tertiary/aromatic N) is 2. The molecule has 1 atom stereocenters. The molecule has 0 spiro atoms. The second-order valence-electron chi connectivity index (χ2n) is 8.94. The summed E-state index contributed by atoms with van der Waals surface area (Å²) in [5.74, 6) is 0.394. The number of ether oxygens (including phenoxy) is 1. The minimum absolute atomic E-state index is 0.123. The number of amides is 2. The molecule has 1 fully saturated rings. The van der Waals surface area contributed by atoms with Gasteiger partial charge in [0.1, 0.15) is 17.0 Å². The monoisotopic (exact) mass is 435 g/mol. The third kappa shape index (κ3) is 3.36. The van der Waals surface area contributed by atoms with Crippen LogP contribution in [-0.4, -0.2) is 34.6 Å². The Kier molecular flexibility index (Phi) is 5.19. The lowest BCUT2D eigenvalue weighted by atomic mass is 9.91. The van der Waals surface area contributed by atoms with Crippen LogP contribution < -0.4 is 15.0 Å². The number of fused-ring (bicyclic) bond motifs is 3. The molecule has 1 aliphatic heterocycles. The average molecular weight is 436 g/mol. The smallest absolute Gasteiger partial charge is 0.276 e. The summed E-state index contributed by atoms with van der Waals surface area (Å²) < 4.78 is 13.0. The zero-order chi connectivity index (χ0) is 22.3. The molecule has 2 amide bonds. The van der Waals surface area contributed by atoms with Gasteiger partial charge in [0.05, 0.1) is 24.9 Å². The van der Waals surface area contributed by atoms with Gasteiger partial charge in [-0.2, -0.15) is 0 Å². The third-order valence-electron chi connectivity index (χ3n) is 6.74. The molecular formula is C25H29N3O4. The largest absolute Gasteiger partial charge is 0.494 e. The molecule has 1 saturated carbocycles. The van der Waals surface area contributed by atoms with Crippen LogP contribution in [0.15, 0.2) is 47.1 Å². The lowest BCUT2D eigenvalue weighted by Crippen LogP contribution is -2.65. The van der Waals surface area contributed by atoms with Crippen LogP contribution in [0.1, 0.15) is 56.4 Å². The zero-order valence-electron chi connectivity index (χ0n) is 18.6. The third-order valence-corrected chi connectivity index (χ3v) is 6.74. The van der Waals surface area contributed by atoms with Gasteiger partial charge in [-0.15, -0.1) is 0 Å². The number of carbonyl (C=O) groups excluding carboxylic acids is 2. The summed E-state index contributed by atoms with van der Waals surface area (Å²) in [6, 6.07) is 11.1. The van der Waals surface area contributed by atoms with Gasteiger partial charge in [0.2, 0.25) is 5.91 Å². The molecule has 3 aromatic rings. The molecule has 32 heavy (non-hydrogen) atoms. The Morgan fingerprint density at radius 3 is 2.66 bits per heavy atom. The van der Waals surface area contributed by atoms with E-state index >= 15 is 0 Å². The molecule has 5 rings (SSSR count). The van der Waals surface area contributed by atoms with E-state index in [0.29, 0.717) is 30.1 Å². The normalized spacial score (nSPS) is 21.6. The molecule has 2 aliphatic rings. The Bertz CT molecular complexity index is 1140. The summed E-state index contributed by atoms with van der Waals surface area (Å²) >= 11 is 0. The fraction of sp³-hybridized carbons (Fsp3) is 0.440. The molecule has 3 heterocycles. The van der Waals surface area contributed by atoms with Crippen LogP contribution in [0, 0.1) is 0 Å². The average Bonchev–Trinajstić information content (AvgIpc) is 3.38. The lowest BCUT2D eigenvalue weighted by Gasteiger charge is -2.44. The highest BCUT2D eigenvalue weighted by Crippen LogP contribution is 2.37. The molecule has 2 aromatic heterocycles. The summed E-state index contributed by atoms with van der Waals surface area (Å²) in [6.45, 7) is 4.70. The Hall–Kier alpha value is -3.22. The van der Waals surface area contributed by atoms with Crippen molar-refractivity contribution in [2.24, 2.45) is 0 Å². The van der Waals surface area contributed by atoms with Crippen LogP contribution in [0.2, 0.25) is 0 Å². The molecule has 1 aromatic carbocycles. The van der Waals surface area contributed by atoms with Crippen molar-refractivity contribution in [1.29, 1.82) is 0 Å². The van der Waals surface area contributed by atoms with Gasteiger partial charge < -0.3 is 19.0 Å². The van der Waals surface area contributed by atoms with Crippen LogP contribution in [0.3, 0.4) is 0 Å². The molecule has 1 aliphatic carbocycles. The lowest BCUT2D eigenvalue weighted by molar-refractivity contribution is -0.127. The minimum Gasteiger partial charge on any atom is -0.494 e. The van der Waals surface area contributed by atoms with E-state index in [1.165, 1.54) is 6.42 Å². The topological polar surface area (TPSA) is 76.7 Å². The van der Waals surface area contributed by atoms with Gasteiger partial charge in [-0.05, 0) is 51.0 Å². The summed E-state index contributed by atoms with van der Waals surface area (Å²) in [7, 11) is 0. The molecule has 0 saturated heterocycles. The van der Waals surface area contributed by atoms with Gasteiger partial charge in [-0.25, -0.2) is 0 Å². The number of hydrogen-bond acceptors (Lipinski definition) is 4. The molecule has 168 valence electrons. The van der Waals surface area contributed by atoms with Crippen molar-refractivity contribution in [1.82, 2.24) is 9.88 Å². The number of hydrogen-bond donors (Lipinski definition) is 1. The molecule has 0 unspecified atom stereocenters. The summed E-state index contributed by atoms with van der Waals surface area (Å²) in [6.07, 6.45) is 7.05. The molecular weight excluding hydrogens is 406 g/mol. The van der Waals surface area contributed by atoms with E-state index in [4.69, 9.17) is 9.15 Å². The summed E-state index contributed by atoms with van der Waals surface area (Å²) in [5.41, 5.74) is 1.59. The molecule has 1 N–H and O–H groups in total. The molecule has 0 bridgehead atoms. The second-order valence-corrected chi connectivity index (χ2v) is 8.94. The fourth-order valence-corrected chi connectivity index (χ4v) is 5.06. The maximum Gasteiger partial charge on any atom is 0.276 e. The van der Waals surface area contributed by atoms with Crippen molar-refractivity contribution in [3.05, 3.63) is 48.4 Å². The van der Waals surface area contributed by atoms with Crippen molar-refractivity contribution >= 4 is 28.6 Å². The highest BCUT2D eigenvalue weighted by atomic mass is 16.5. The van der Waals surface area contributed by atoms with Gasteiger partial charge in [0.15, 0.2) is 5.58 Å². The number of nitrogens with one attached hydrogen (secondary N) is 1. The number of carbonyl (C=O) groups is 2. The predicted octanol–water partition coefficient (Wildman–Crippen LogP) is 4.50. The van der Waals surface area contributed by atoms with Gasteiger partial charge >= 0.3 is 0 Å². The van der Waals surface area contributed by atoms with Crippen molar-refractivity contribution < 1.29 is 18.7 Å². The quantitative estimate of drug-likeness (QED) is 0.640. The first kappa shape index (κ1) is 20.7. The minimum atomic E-state index is -1.09. The predicted molar refractivity (Wildman–Crippen MR) is 122 cm³/mol. The highest BCUT2D eigenvalue weighted by Gasteiger charge is 2.49. The first-order valence-corrected chi connectivity index (χ1v) is 11.5. The van der Waals surface area contributed by atoms with E-state index in [1.54, 1.807) is 17.2 Å². The van der Waals surface area contributed by atoms with Crippen LogP contribution in [-0.2, 0) is 11.3 Å². The Labute approximate surface area is 187 Å². The van der Waals surface area contributed by atoms with Gasteiger partial charge in [-0.3, -0.25) is 14.5 Å². The molecule has 7 nitrogen and oxygen atoms in total. The van der Waals surface area contributed by atoms with E-state index in [2.05, 4.69) is 5.32 Å². The van der Waals surface area contributed by atoms with Crippen molar-refractivity contribution in [2.45, 2.75) is 64.1 Å². The summed E-state index contributed by atoms with van der Waals surface area (Å²) in [5, 5.41) is 3.25. The van der Waals surface area contributed by atoms with Gasteiger partial charge in [0.25, 0.3) is 5.91 Å². The summed E-state index contributed by atoms with van der Waals surface area (Å²) in [4.78, 5) is 29.1. The Morgan fingerprint density at radius 1 is 1.19 bits per heavy atom. The van der Waals surface area contributed by atoms with Crippen LogP contribution >= 0.6 is 0 Å². The number of benzene rings is 1. The van der Waals surface area contributed by atoms with E-state index in [-0.39, 0.29) is 17.9 Å². The number of anilines is 1. The second kappa shape index (κ2) is 8.04. The van der Waals surface area contributed by atoms with Gasteiger partial charge in [0, 0.05) is 23.9 Å². The number of aromatic nitrogens is 1. The fourth-order valence-electron chi connectivity index (χ4n) is 5.06. The number of furan rings is 1. The van der Waals surface area contributed by atoms with Crippen molar-refractivity contribution in [3.63, 3.8) is 0 Å². The highest BCUT2D eigenvalue weighted by molar-refractivity contribution is 6.13. The van der Waals surface area contributed by atoms with Crippen molar-refractivity contribution in [3.8, 4) is 5.75 Å². The van der Waals surface area contributed by atoms with Crippen LogP contribution in [0.5, 0.6) is 5.75 Å². The van der Waals surface area contributed by atoms with Crippen LogP contribution in [0.4, 0.5) is 5.69 Å². The number of rotatable bonds is 5. The van der Waals surface area contributed by atoms with Crippen molar-refractivity contribution in [2.75, 3.05) is 11.5 Å². The molecule has 7 heteroatoms. The van der Waals surface area contributed by atoms with E-state index in [0.717, 1.165) is 36.9 Å². The maximum absolute atomic E-state index is 13.8. The van der Waals surface area contributed by atoms with Crippen LogP contribution in [0.25, 0.3) is 11.1 Å². The van der Waals surface area contributed by atoms with E-state index < -0.39 is 5.54 Å². The first-order chi connectivity index (χ1) is 15.5.